The van der Waals surface area contributed by atoms with E-state index < -0.39 is 0 Å². The molecule has 0 saturated heterocycles. The fraction of sp³-hybridized carbons (Fsp3) is 0.133. The quantitative estimate of drug-likeness (QED) is 0.524. The molecule has 7 nitrogen and oxygen atoms in total. The number of thiazole rings is 1. The summed E-state index contributed by atoms with van der Waals surface area (Å²) in [6, 6.07) is 3.37. The zero-order valence-corrected chi connectivity index (χ0v) is 15.2. The van der Waals surface area contributed by atoms with Gasteiger partial charge in [0.25, 0.3) is 5.91 Å². The SMILES string of the molecule is Cc1ccc(O)c(C)c1NC(=O)c1cnc(Nc2[nH]ncc2Br)s1. The van der Waals surface area contributed by atoms with Crippen LogP contribution >= 0.6 is 27.3 Å². The summed E-state index contributed by atoms with van der Waals surface area (Å²) in [5.41, 5.74) is 2.12. The monoisotopic (exact) mass is 407 g/mol. The minimum Gasteiger partial charge on any atom is -0.508 e. The number of halogens is 1. The minimum atomic E-state index is -0.277. The van der Waals surface area contributed by atoms with Crippen molar-refractivity contribution in [3.05, 3.63) is 45.0 Å². The van der Waals surface area contributed by atoms with Gasteiger partial charge in [-0.3, -0.25) is 9.89 Å². The molecule has 2 aromatic heterocycles. The summed E-state index contributed by atoms with van der Waals surface area (Å²) in [5, 5.41) is 22.9. The number of phenolic OH excluding ortho intramolecular Hbond substituents is 1. The van der Waals surface area contributed by atoms with Gasteiger partial charge in [-0.25, -0.2) is 4.98 Å². The number of rotatable bonds is 4. The fourth-order valence-electron chi connectivity index (χ4n) is 2.11. The summed E-state index contributed by atoms with van der Waals surface area (Å²) >= 11 is 4.56. The number of carbonyl (C=O) groups excluding carboxylic acids is 1. The van der Waals surface area contributed by atoms with Crippen LogP contribution in [0.15, 0.2) is 29.0 Å². The number of aromatic hydroxyl groups is 1. The highest BCUT2D eigenvalue weighted by Crippen LogP contribution is 2.30. The number of benzene rings is 1. The largest absolute Gasteiger partial charge is 0.508 e. The van der Waals surface area contributed by atoms with E-state index >= 15 is 0 Å². The number of aromatic nitrogens is 3. The maximum atomic E-state index is 12.4. The van der Waals surface area contributed by atoms with Crippen molar-refractivity contribution in [2.45, 2.75) is 13.8 Å². The van der Waals surface area contributed by atoms with E-state index in [0.29, 0.717) is 27.1 Å². The second-order valence-electron chi connectivity index (χ2n) is 5.10. The normalized spacial score (nSPS) is 10.6. The number of nitrogens with zero attached hydrogens (tertiary/aromatic N) is 2. The Morgan fingerprint density at radius 2 is 2.12 bits per heavy atom. The van der Waals surface area contributed by atoms with E-state index in [-0.39, 0.29) is 11.7 Å². The number of aromatic amines is 1. The molecule has 1 amide bonds. The highest BCUT2D eigenvalue weighted by molar-refractivity contribution is 9.10. The van der Waals surface area contributed by atoms with Gasteiger partial charge in [-0.15, -0.1) is 0 Å². The Morgan fingerprint density at radius 1 is 1.33 bits per heavy atom. The van der Waals surface area contributed by atoms with E-state index in [2.05, 4.69) is 41.7 Å². The molecule has 0 aliphatic carbocycles. The summed E-state index contributed by atoms with van der Waals surface area (Å²) in [4.78, 5) is 17.1. The van der Waals surface area contributed by atoms with Crippen LogP contribution in [-0.2, 0) is 0 Å². The van der Waals surface area contributed by atoms with E-state index in [9.17, 15) is 9.90 Å². The zero-order chi connectivity index (χ0) is 17.3. The minimum absolute atomic E-state index is 0.145. The predicted molar refractivity (Wildman–Crippen MR) is 97.2 cm³/mol. The van der Waals surface area contributed by atoms with Crippen LogP contribution < -0.4 is 10.6 Å². The number of aryl methyl sites for hydroxylation is 1. The molecule has 3 rings (SSSR count). The van der Waals surface area contributed by atoms with Crippen LogP contribution in [0.5, 0.6) is 5.75 Å². The first-order valence-electron chi connectivity index (χ1n) is 6.98. The van der Waals surface area contributed by atoms with E-state index in [0.717, 1.165) is 10.0 Å². The molecule has 0 unspecified atom stereocenters. The standard InChI is InChI=1S/C15H14BrN5O2S/c1-7-3-4-10(22)8(2)12(7)19-14(23)11-6-17-15(24-11)20-13-9(16)5-18-21-13/h3-6,22H,1-2H3,(H,19,23)(H2,17,18,20,21). The van der Waals surface area contributed by atoms with Gasteiger partial charge in [0, 0.05) is 5.56 Å². The number of hydrogen-bond donors (Lipinski definition) is 4. The van der Waals surface area contributed by atoms with Crippen LogP contribution in [-0.4, -0.2) is 26.2 Å². The molecule has 0 radical (unpaired) electrons. The van der Waals surface area contributed by atoms with E-state index in [1.165, 1.54) is 17.5 Å². The smallest absolute Gasteiger partial charge is 0.267 e. The van der Waals surface area contributed by atoms with Gasteiger partial charge < -0.3 is 15.7 Å². The first-order chi connectivity index (χ1) is 11.5. The lowest BCUT2D eigenvalue weighted by molar-refractivity contribution is 0.103. The van der Waals surface area contributed by atoms with Crippen molar-refractivity contribution >= 4 is 49.8 Å². The molecule has 0 bridgehead atoms. The molecule has 2 heterocycles. The van der Waals surface area contributed by atoms with Gasteiger partial charge in [-0.2, -0.15) is 5.10 Å². The molecule has 0 fully saturated rings. The molecule has 124 valence electrons. The molecule has 0 spiro atoms. The van der Waals surface area contributed by atoms with E-state index in [1.54, 1.807) is 25.3 Å². The summed E-state index contributed by atoms with van der Waals surface area (Å²) < 4.78 is 0.773. The predicted octanol–water partition coefficient (Wildman–Crippen LogP) is 3.95. The molecule has 0 aliphatic heterocycles. The number of H-pyrrole nitrogens is 1. The molecule has 24 heavy (non-hydrogen) atoms. The average Bonchev–Trinajstić information content (AvgIpc) is 3.18. The molecule has 0 saturated carbocycles. The van der Waals surface area contributed by atoms with Crippen molar-refractivity contribution in [2.24, 2.45) is 0 Å². The van der Waals surface area contributed by atoms with Gasteiger partial charge in [-0.05, 0) is 41.4 Å². The van der Waals surface area contributed by atoms with Crippen molar-refractivity contribution in [1.82, 2.24) is 15.2 Å². The molecule has 4 N–H and O–H groups in total. The lowest BCUT2D eigenvalue weighted by atomic mass is 10.1. The second-order valence-corrected chi connectivity index (χ2v) is 6.99. The van der Waals surface area contributed by atoms with Crippen LogP contribution in [0.2, 0.25) is 0 Å². The first kappa shape index (κ1) is 16.5. The van der Waals surface area contributed by atoms with Gasteiger partial charge in [0.05, 0.1) is 22.6 Å². The average molecular weight is 408 g/mol. The summed E-state index contributed by atoms with van der Waals surface area (Å²) in [5.74, 6) is 0.531. The summed E-state index contributed by atoms with van der Waals surface area (Å²) in [6.07, 6.45) is 3.12. The topological polar surface area (TPSA) is 103 Å². The Hall–Kier alpha value is -2.39. The van der Waals surface area contributed by atoms with Crippen LogP contribution in [0.4, 0.5) is 16.6 Å². The lowest BCUT2D eigenvalue weighted by Crippen LogP contribution is -2.12. The number of amides is 1. The van der Waals surface area contributed by atoms with Crippen LogP contribution in [0.1, 0.15) is 20.8 Å². The Bertz CT molecular complexity index is 905. The number of hydrogen-bond acceptors (Lipinski definition) is 6. The van der Waals surface area contributed by atoms with Gasteiger partial charge in [0.1, 0.15) is 16.4 Å². The Kier molecular flexibility index (Phi) is 4.54. The number of nitrogens with one attached hydrogen (secondary N) is 3. The van der Waals surface area contributed by atoms with Gasteiger partial charge in [0.15, 0.2) is 5.13 Å². The molecule has 0 aliphatic rings. The van der Waals surface area contributed by atoms with Crippen LogP contribution in [0, 0.1) is 13.8 Å². The highest BCUT2D eigenvalue weighted by atomic mass is 79.9. The number of carbonyl (C=O) groups is 1. The first-order valence-corrected chi connectivity index (χ1v) is 8.59. The zero-order valence-electron chi connectivity index (χ0n) is 12.8. The number of anilines is 3. The summed E-state index contributed by atoms with van der Waals surface area (Å²) in [6.45, 7) is 3.63. The van der Waals surface area contributed by atoms with Crippen molar-refractivity contribution in [2.75, 3.05) is 10.6 Å². The Balaban J connectivity index is 1.77. The maximum Gasteiger partial charge on any atom is 0.267 e. The number of phenols is 1. The lowest BCUT2D eigenvalue weighted by Gasteiger charge is -2.11. The van der Waals surface area contributed by atoms with Gasteiger partial charge in [0.2, 0.25) is 0 Å². The van der Waals surface area contributed by atoms with E-state index in [4.69, 9.17) is 0 Å². The van der Waals surface area contributed by atoms with Crippen LogP contribution in [0.25, 0.3) is 0 Å². The molecule has 9 heteroatoms. The Labute approximate surface area is 150 Å². The van der Waals surface area contributed by atoms with Crippen LogP contribution in [0.3, 0.4) is 0 Å². The molecule has 0 atom stereocenters. The Morgan fingerprint density at radius 3 is 2.83 bits per heavy atom. The maximum absolute atomic E-state index is 12.4. The third kappa shape index (κ3) is 3.26. The summed E-state index contributed by atoms with van der Waals surface area (Å²) in [7, 11) is 0. The fourth-order valence-corrected chi connectivity index (χ4v) is 3.11. The van der Waals surface area contributed by atoms with Gasteiger partial charge >= 0.3 is 0 Å². The van der Waals surface area contributed by atoms with Crippen molar-refractivity contribution in [1.29, 1.82) is 0 Å². The third-order valence-electron chi connectivity index (χ3n) is 3.44. The highest BCUT2D eigenvalue weighted by Gasteiger charge is 2.15. The third-order valence-corrected chi connectivity index (χ3v) is 4.95. The van der Waals surface area contributed by atoms with Crippen molar-refractivity contribution < 1.29 is 9.90 Å². The van der Waals surface area contributed by atoms with E-state index in [1.807, 2.05) is 6.92 Å². The molecule has 3 aromatic rings. The molecule has 1 aromatic carbocycles. The molecular weight excluding hydrogens is 394 g/mol. The van der Waals surface area contributed by atoms with Crippen molar-refractivity contribution in [3.63, 3.8) is 0 Å². The van der Waals surface area contributed by atoms with Crippen molar-refractivity contribution in [3.8, 4) is 5.75 Å². The molecular formula is C15H14BrN5O2S. The van der Waals surface area contributed by atoms with Gasteiger partial charge in [-0.1, -0.05) is 17.4 Å². The second kappa shape index (κ2) is 6.62.